The molecule has 0 radical (unpaired) electrons. The molecule has 2 aliphatic heterocycles. The standard InChI is InChI=1S/C18H17N7O3/c1-24-22-16(21-23-24)13-4-2-11(8-20-13)10-3-5-14-12(6-10)9-25-17(27-14)15(7-19)28-18(25)26/h2-6,8,15,17H,7,9,19H2,1H3/t15-,17-/m0/s1. The van der Waals surface area contributed by atoms with Crippen LogP contribution in [0, 0.1) is 0 Å². The molecule has 4 heterocycles. The summed E-state index contributed by atoms with van der Waals surface area (Å²) in [5, 5.41) is 11.9. The van der Waals surface area contributed by atoms with Crippen molar-refractivity contribution in [1.29, 1.82) is 0 Å². The van der Waals surface area contributed by atoms with Crippen molar-refractivity contribution in [3.05, 3.63) is 42.1 Å². The smallest absolute Gasteiger partial charge is 0.413 e. The number of nitrogens with two attached hydrogens (primary N) is 1. The molecule has 5 rings (SSSR count). The number of benzene rings is 1. The first-order valence-electron chi connectivity index (χ1n) is 8.80. The highest BCUT2D eigenvalue weighted by Gasteiger charge is 2.45. The fourth-order valence-corrected chi connectivity index (χ4v) is 3.41. The van der Waals surface area contributed by atoms with Crippen molar-refractivity contribution in [2.45, 2.75) is 18.9 Å². The lowest BCUT2D eigenvalue weighted by atomic mass is 10.0. The molecular weight excluding hydrogens is 362 g/mol. The van der Waals surface area contributed by atoms with E-state index in [1.807, 2.05) is 30.3 Å². The van der Waals surface area contributed by atoms with Crippen LogP contribution in [-0.2, 0) is 18.3 Å². The summed E-state index contributed by atoms with van der Waals surface area (Å²) in [6.45, 7) is 0.636. The monoisotopic (exact) mass is 379 g/mol. The third-order valence-electron chi connectivity index (χ3n) is 4.83. The summed E-state index contributed by atoms with van der Waals surface area (Å²) in [5.74, 6) is 1.20. The summed E-state index contributed by atoms with van der Waals surface area (Å²) in [6.07, 6.45) is 0.427. The molecule has 1 amide bonds. The van der Waals surface area contributed by atoms with E-state index in [0.29, 0.717) is 18.1 Å². The van der Waals surface area contributed by atoms with Crippen LogP contribution < -0.4 is 10.5 Å². The minimum atomic E-state index is -0.476. The zero-order valence-corrected chi connectivity index (χ0v) is 15.0. The van der Waals surface area contributed by atoms with Gasteiger partial charge in [0.2, 0.25) is 12.1 Å². The molecule has 2 aromatic heterocycles. The first-order valence-corrected chi connectivity index (χ1v) is 8.80. The largest absolute Gasteiger partial charge is 0.466 e. The van der Waals surface area contributed by atoms with E-state index in [-0.39, 0.29) is 6.54 Å². The van der Waals surface area contributed by atoms with Crippen LogP contribution in [0.1, 0.15) is 5.56 Å². The van der Waals surface area contributed by atoms with Crippen molar-refractivity contribution in [3.63, 3.8) is 0 Å². The number of hydrogen-bond acceptors (Lipinski definition) is 8. The minimum absolute atomic E-state index is 0.221. The number of aromatic nitrogens is 5. The first-order chi connectivity index (χ1) is 13.6. The maximum Gasteiger partial charge on any atom is 0.413 e. The zero-order chi connectivity index (χ0) is 19.3. The Hall–Kier alpha value is -3.53. The molecule has 1 saturated heterocycles. The highest BCUT2D eigenvalue weighted by Crippen LogP contribution is 2.36. The van der Waals surface area contributed by atoms with Crippen molar-refractivity contribution in [3.8, 4) is 28.4 Å². The highest BCUT2D eigenvalue weighted by atomic mass is 16.6. The number of tetrazole rings is 1. The molecule has 0 unspecified atom stereocenters. The lowest BCUT2D eigenvalue weighted by molar-refractivity contribution is 0.0221. The Morgan fingerprint density at radius 1 is 1.21 bits per heavy atom. The quantitative estimate of drug-likeness (QED) is 0.713. The van der Waals surface area contributed by atoms with Gasteiger partial charge in [-0.05, 0) is 29.0 Å². The maximum absolute atomic E-state index is 12.1. The Bertz CT molecular complexity index is 1050. The lowest BCUT2D eigenvalue weighted by Gasteiger charge is -2.31. The molecule has 0 spiro atoms. The molecule has 2 atom stereocenters. The zero-order valence-electron chi connectivity index (χ0n) is 15.0. The molecule has 0 aliphatic carbocycles. The van der Waals surface area contributed by atoms with Gasteiger partial charge in [-0.15, -0.1) is 10.2 Å². The van der Waals surface area contributed by atoms with Gasteiger partial charge in [0, 0.05) is 23.9 Å². The summed E-state index contributed by atoms with van der Waals surface area (Å²) in [5.41, 5.74) is 9.13. The van der Waals surface area contributed by atoms with Gasteiger partial charge in [0.05, 0.1) is 13.6 Å². The number of fused-ring (bicyclic) bond motifs is 2. The van der Waals surface area contributed by atoms with E-state index in [9.17, 15) is 4.79 Å². The Labute approximate surface area is 159 Å². The molecule has 10 heteroatoms. The molecular formula is C18H17N7O3. The Kier molecular flexibility index (Phi) is 3.72. The lowest BCUT2D eigenvalue weighted by Crippen LogP contribution is -2.46. The van der Waals surface area contributed by atoms with Gasteiger partial charge in [0.1, 0.15) is 11.4 Å². The van der Waals surface area contributed by atoms with Gasteiger partial charge in [0.25, 0.3) is 0 Å². The predicted octanol–water partition coefficient (Wildman–Crippen LogP) is 0.937. The van der Waals surface area contributed by atoms with E-state index in [0.717, 1.165) is 22.4 Å². The van der Waals surface area contributed by atoms with E-state index in [1.54, 1.807) is 18.1 Å². The van der Waals surface area contributed by atoms with Gasteiger partial charge >= 0.3 is 6.09 Å². The van der Waals surface area contributed by atoms with E-state index in [2.05, 4.69) is 20.4 Å². The molecule has 0 saturated carbocycles. The van der Waals surface area contributed by atoms with Crippen LogP contribution in [0.25, 0.3) is 22.6 Å². The van der Waals surface area contributed by atoms with Crippen molar-refractivity contribution >= 4 is 6.09 Å². The second-order valence-corrected chi connectivity index (χ2v) is 6.65. The van der Waals surface area contributed by atoms with Gasteiger partial charge in [-0.25, -0.2) is 4.79 Å². The normalized spacial score (nSPS) is 20.4. The van der Waals surface area contributed by atoms with Crippen LogP contribution in [0.5, 0.6) is 5.75 Å². The number of carbonyl (C=O) groups is 1. The molecule has 0 bridgehead atoms. The second kappa shape index (κ2) is 6.27. The van der Waals surface area contributed by atoms with Crippen molar-refractivity contribution in [1.82, 2.24) is 30.1 Å². The van der Waals surface area contributed by atoms with Crippen LogP contribution in [0.3, 0.4) is 0 Å². The number of aryl methyl sites for hydroxylation is 1. The summed E-state index contributed by atoms with van der Waals surface area (Å²) in [4.78, 5) is 19.4. The van der Waals surface area contributed by atoms with E-state index in [4.69, 9.17) is 15.2 Å². The van der Waals surface area contributed by atoms with Crippen LogP contribution >= 0.6 is 0 Å². The number of cyclic esters (lactones) is 1. The van der Waals surface area contributed by atoms with Crippen LogP contribution in [0.4, 0.5) is 4.79 Å². The molecule has 1 fully saturated rings. The Balaban J connectivity index is 1.42. The van der Waals surface area contributed by atoms with Crippen molar-refractivity contribution in [2.24, 2.45) is 12.8 Å². The summed E-state index contributed by atoms with van der Waals surface area (Å²) < 4.78 is 11.2. The first kappa shape index (κ1) is 16.6. The number of carbonyl (C=O) groups excluding carboxylic acids is 1. The van der Waals surface area contributed by atoms with Crippen LogP contribution in [0.2, 0.25) is 0 Å². The molecule has 1 aromatic carbocycles. The topological polar surface area (TPSA) is 121 Å². The number of pyridine rings is 1. The fourth-order valence-electron chi connectivity index (χ4n) is 3.41. The minimum Gasteiger partial charge on any atom is -0.466 e. The van der Waals surface area contributed by atoms with E-state index in [1.165, 1.54) is 4.80 Å². The Morgan fingerprint density at radius 3 is 2.79 bits per heavy atom. The van der Waals surface area contributed by atoms with Crippen LogP contribution in [-0.4, -0.2) is 55.1 Å². The van der Waals surface area contributed by atoms with Gasteiger partial charge in [-0.1, -0.05) is 12.1 Å². The molecule has 28 heavy (non-hydrogen) atoms. The number of nitrogens with zero attached hydrogens (tertiary/aromatic N) is 6. The van der Waals surface area contributed by atoms with E-state index < -0.39 is 18.4 Å². The third kappa shape index (κ3) is 2.65. The molecule has 142 valence electrons. The Morgan fingerprint density at radius 2 is 2.07 bits per heavy atom. The molecule has 2 N–H and O–H groups in total. The fraction of sp³-hybridized carbons (Fsp3) is 0.278. The highest BCUT2D eigenvalue weighted by molar-refractivity contribution is 5.72. The second-order valence-electron chi connectivity index (χ2n) is 6.65. The van der Waals surface area contributed by atoms with Crippen LogP contribution in [0.15, 0.2) is 36.5 Å². The number of hydrogen-bond donors (Lipinski definition) is 1. The maximum atomic E-state index is 12.1. The summed E-state index contributed by atoms with van der Waals surface area (Å²) >= 11 is 0. The molecule has 3 aromatic rings. The van der Waals surface area contributed by atoms with Gasteiger partial charge < -0.3 is 15.2 Å². The van der Waals surface area contributed by atoms with Gasteiger partial charge in [-0.2, -0.15) is 4.80 Å². The summed E-state index contributed by atoms with van der Waals surface area (Å²) in [7, 11) is 1.70. The average Bonchev–Trinajstić information content (AvgIpc) is 3.29. The molecule has 10 nitrogen and oxygen atoms in total. The average molecular weight is 379 g/mol. The van der Waals surface area contributed by atoms with Crippen molar-refractivity contribution in [2.75, 3.05) is 6.54 Å². The van der Waals surface area contributed by atoms with Gasteiger partial charge in [0.15, 0.2) is 6.10 Å². The number of ether oxygens (including phenoxy) is 2. The SMILES string of the molecule is Cn1nnc(-c2ccc(-c3ccc4c(c3)CN3C(=O)O[C@@H](CN)[C@@H]3O4)cn2)n1. The van der Waals surface area contributed by atoms with Gasteiger partial charge in [-0.3, -0.25) is 9.88 Å². The van der Waals surface area contributed by atoms with Crippen molar-refractivity contribution < 1.29 is 14.3 Å². The van der Waals surface area contributed by atoms with E-state index >= 15 is 0 Å². The third-order valence-corrected chi connectivity index (χ3v) is 4.83. The molecule has 2 aliphatic rings. The summed E-state index contributed by atoms with van der Waals surface area (Å²) in [6, 6.07) is 9.65. The number of rotatable bonds is 3. The number of amides is 1. The predicted molar refractivity (Wildman–Crippen MR) is 96.7 cm³/mol.